The number of rotatable bonds is 5. The molecule has 1 rings (SSSR count). The summed E-state index contributed by atoms with van der Waals surface area (Å²) in [6.45, 7) is 2.08. The molecule has 0 amide bonds. The van der Waals surface area contributed by atoms with Crippen LogP contribution in [-0.2, 0) is 0 Å². The third kappa shape index (κ3) is 3.63. The van der Waals surface area contributed by atoms with Gasteiger partial charge in [0.15, 0.2) is 5.78 Å². The van der Waals surface area contributed by atoms with Gasteiger partial charge in [-0.3, -0.25) is 4.79 Å². The molecule has 0 spiro atoms. The van der Waals surface area contributed by atoms with Crippen molar-refractivity contribution in [3.63, 3.8) is 0 Å². The Morgan fingerprint density at radius 2 is 2.13 bits per heavy atom. The molecule has 15 heavy (non-hydrogen) atoms. The molecule has 0 atom stereocenters. The van der Waals surface area contributed by atoms with Crippen LogP contribution >= 0.6 is 11.6 Å². The minimum Gasteiger partial charge on any atom is -0.294 e. The Morgan fingerprint density at radius 1 is 1.40 bits per heavy atom. The van der Waals surface area contributed by atoms with E-state index in [0.29, 0.717) is 12.0 Å². The van der Waals surface area contributed by atoms with Gasteiger partial charge in [-0.05, 0) is 24.6 Å². The number of hydrogen-bond donors (Lipinski definition) is 0. The predicted octanol–water partition coefficient (Wildman–Crippen LogP) is 4.24. The molecule has 0 radical (unpaired) electrons. The van der Waals surface area contributed by atoms with Gasteiger partial charge in [-0.25, -0.2) is 4.39 Å². The summed E-state index contributed by atoms with van der Waals surface area (Å²) in [5.74, 6) is -0.452. The van der Waals surface area contributed by atoms with Crippen LogP contribution in [0.25, 0.3) is 0 Å². The fourth-order valence-electron chi connectivity index (χ4n) is 1.35. The summed E-state index contributed by atoms with van der Waals surface area (Å²) in [6, 6.07) is 4.11. The van der Waals surface area contributed by atoms with Crippen molar-refractivity contribution in [3.8, 4) is 0 Å². The normalized spacial score (nSPS) is 10.3. The summed E-state index contributed by atoms with van der Waals surface area (Å²) in [5.41, 5.74) is 0.498. The number of halogens is 2. The van der Waals surface area contributed by atoms with Crippen molar-refractivity contribution in [3.05, 3.63) is 34.6 Å². The molecule has 0 saturated heterocycles. The second-order valence-electron chi connectivity index (χ2n) is 3.51. The van der Waals surface area contributed by atoms with Crippen LogP contribution in [0.1, 0.15) is 43.0 Å². The highest BCUT2D eigenvalue weighted by atomic mass is 35.5. The van der Waals surface area contributed by atoms with Crippen LogP contribution in [0.4, 0.5) is 4.39 Å². The van der Waals surface area contributed by atoms with Crippen molar-refractivity contribution in [2.24, 2.45) is 0 Å². The minimum absolute atomic E-state index is 0.0105. The van der Waals surface area contributed by atoms with Crippen LogP contribution in [0.15, 0.2) is 18.2 Å². The molecule has 0 aliphatic carbocycles. The molecule has 0 N–H and O–H groups in total. The molecule has 82 valence electrons. The van der Waals surface area contributed by atoms with Gasteiger partial charge < -0.3 is 0 Å². The number of benzene rings is 1. The van der Waals surface area contributed by atoms with Gasteiger partial charge in [0.05, 0.1) is 5.02 Å². The van der Waals surface area contributed by atoms with E-state index in [1.807, 2.05) is 0 Å². The van der Waals surface area contributed by atoms with E-state index in [1.54, 1.807) is 0 Å². The quantitative estimate of drug-likeness (QED) is 0.544. The zero-order valence-corrected chi connectivity index (χ0v) is 9.48. The lowest BCUT2D eigenvalue weighted by Gasteiger charge is -2.01. The maximum atomic E-state index is 12.8. The lowest BCUT2D eigenvalue weighted by Crippen LogP contribution is -1.99. The van der Waals surface area contributed by atoms with E-state index in [0.717, 1.165) is 19.3 Å². The smallest absolute Gasteiger partial charge is 0.162 e. The van der Waals surface area contributed by atoms with Gasteiger partial charge in [0, 0.05) is 12.0 Å². The highest BCUT2D eigenvalue weighted by molar-refractivity contribution is 6.31. The Labute approximate surface area is 94.3 Å². The number of hydrogen-bond acceptors (Lipinski definition) is 1. The molecule has 1 aromatic carbocycles. The van der Waals surface area contributed by atoms with E-state index in [2.05, 4.69) is 6.92 Å². The molecule has 0 unspecified atom stereocenters. The van der Waals surface area contributed by atoms with Crippen molar-refractivity contribution >= 4 is 17.4 Å². The van der Waals surface area contributed by atoms with E-state index in [1.165, 1.54) is 18.2 Å². The third-order valence-corrected chi connectivity index (χ3v) is 2.54. The van der Waals surface area contributed by atoms with Crippen molar-refractivity contribution in [2.75, 3.05) is 0 Å². The Kier molecular flexibility index (Phi) is 4.76. The SMILES string of the molecule is CCCCCC(=O)c1ccc(F)c(Cl)c1. The van der Waals surface area contributed by atoms with Crippen LogP contribution < -0.4 is 0 Å². The fourth-order valence-corrected chi connectivity index (χ4v) is 1.53. The van der Waals surface area contributed by atoms with Crippen LogP contribution in [0.5, 0.6) is 0 Å². The van der Waals surface area contributed by atoms with E-state index in [-0.39, 0.29) is 10.8 Å². The largest absolute Gasteiger partial charge is 0.294 e. The van der Waals surface area contributed by atoms with Gasteiger partial charge in [0.1, 0.15) is 5.82 Å². The topological polar surface area (TPSA) is 17.1 Å². The molecular formula is C12H14ClFO. The number of unbranched alkanes of at least 4 members (excludes halogenated alkanes) is 2. The summed E-state index contributed by atoms with van der Waals surface area (Å²) in [4.78, 5) is 11.6. The Balaban J connectivity index is 2.62. The second kappa shape index (κ2) is 5.86. The van der Waals surface area contributed by atoms with E-state index in [4.69, 9.17) is 11.6 Å². The molecular weight excluding hydrogens is 215 g/mol. The molecule has 0 fully saturated rings. The standard InChI is InChI=1S/C12H14ClFO/c1-2-3-4-5-12(15)9-6-7-11(14)10(13)8-9/h6-8H,2-5H2,1H3. The highest BCUT2D eigenvalue weighted by Gasteiger charge is 2.08. The van der Waals surface area contributed by atoms with Gasteiger partial charge in [-0.2, -0.15) is 0 Å². The molecule has 0 aromatic heterocycles. The molecule has 0 aliphatic rings. The van der Waals surface area contributed by atoms with Crippen LogP contribution in [0.2, 0.25) is 5.02 Å². The van der Waals surface area contributed by atoms with Gasteiger partial charge in [-0.15, -0.1) is 0 Å². The lowest BCUT2D eigenvalue weighted by atomic mass is 10.0. The first kappa shape index (κ1) is 12.2. The van der Waals surface area contributed by atoms with Gasteiger partial charge >= 0.3 is 0 Å². The highest BCUT2D eigenvalue weighted by Crippen LogP contribution is 2.17. The summed E-state index contributed by atoms with van der Waals surface area (Å²) >= 11 is 5.59. The Morgan fingerprint density at radius 3 is 2.73 bits per heavy atom. The number of carbonyl (C=O) groups excluding carboxylic acids is 1. The van der Waals surface area contributed by atoms with E-state index >= 15 is 0 Å². The Hall–Kier alpha value is -0.890. The second-order valence-corrected chi connectivity index (χ2v) is 3.92. The first-order valence-electron chi connectivity index (χ1n) is 5.13. The fraction of sp³-hybridized carbons (Fsp3) is 0.417. The number of Topliss-reactive ketones (excluding diaryl/α,β-unsaturated/α-hetero) is 1. The van der Waals surface area contributed by atoms with E-state index in [9.17, 15) is 9.18 Å². The van der Waals surface area contributed by atoms with Crippen molar-refractivity contribution in [1.29, 1.82) is 0 Å². The van der Waals surface area contributed by atoms with Crippen LogP contribution in [0.3, 0.4) is 0 Å². The maximum absolute atomic E-state index is 12.8. The van der Waals surface area contributed by atoms with Crippen LogP contribution in [0, 0.1) is 5.82 Å². The van der Waals surface area contributed by atoms with Crippen molar-refractivity contribution in [2.45, 2.75) is 32.6 Å². The number of carbonyl (C=O) groups is 1. The molecule has 0 heterocycles. The molecule has 0 aliphatic heterocycles. The molecule has 3 heteroatoms. The first-order chi connectivity index (χ1) is 7.15. The summed E-state index contributed by atoms with van der Waals surface area (Å²) in [7, 11) is 0. The van der Waals surface area contributed by atoms with Crippen molar-refractivity contribution < 1.29 is 9.18 Å². The average molecular weight is 229 g/mol. The van der Waals surface area contributed by atoms with Crippen molar-refractivity contribution in [1.82, 2.24) is 0 Å². The summed E-state index contributed by atoms with van der Waals surface area (Å²) in [6.07, 6.45) is 3.51. The van der Waals surface area contributed by atoms with Gasteiger partial charge in [0.25, 0.3) is 0 Å². The molecule has 1 nitrogen and oxygen atoms in total. The average Bonchev–Trinajstić information content (AvgIpc) is 2.22. The minimum atomic E-state index is -0.484. The zero-order valence-electron chi connectivity index (χ0n) is 8.72. The summed E-state index contributed by atoms with van der Waals surface area (Å²) in [5, 5.41) is 0.0105. The predicted molar refractivity (Wildman–Crippen MR) is 59.9 cm³/mol. The van der Waals surface area contributed by atoms with E-state index < -0.39 is 5.82 Å². The first-order valence-corrected chi connectivity index (χ1v) is 5.51. The third-order valence-electron chi connectivity index (χ3n) is 2.25. The molecule has 0 saturated carbocycles. The maximum Gasteiger partial charge on any atom is 0.162 e. The Bertz CT molecular complexity index is 349. The molecule has 1 aromatic rings. The van der Waals surface area contributed by atoms with Gasteiger partial charge in [-0.1, -0.05) is 31.4 Å². The monoisotopic (exact) mass is 228 g/mol. The lowest BCUT2D eigenvalue weighted by molar-refractivity contribution is 0.0979. The zero-order chi connectivity index (χ0) is 11.3. The summed E-state index contributed by atoms with van der Waals surface area (Å²) < 4.78 is 12.8. The van der Waals surface area contributed by atoms with Gasteiger partial charge in [0.2, 0.25) is 0 Å². The number of ketones is 1. The molecule has 0 bridgehead atoms. The van der Waals surface area contributed by atoms with Crippen LogP contribution in [-0.4, -0.2) is 5.78 Å².